The molecule has 0 amide bonds. The summed E-state index contributed by atoms with van der Waals surface area (Å²) in [6.07, 6.45) is 0. The summed E-state index contributed by atoms with van der Waals surface area (Å²) in [5.74, 6) is 0.391. The van der Waals surface area contributed by atoms with Gasteiger partial charge in [-0.1, -0.05) is 6.07 Å². The van der Waals surface area contributed by atoms with E-state index in [1.807, 2.05) is 31.1 Å². The predicted octanol–water partition coefficient (Wildman–Crippen LogP) is 3.43. The Balaban J connectivity index is 2.04. The standard InChI is InChI=1S/C18H16N2O4/c1-19(2)11-12-3-8-17-15(9-12)16(21)10-18(24-17)13-4-6-14(7-5-13)20(22)23/h3-10H,11H2,1-2H3. The number of hydrogen-bond donors (Lipinski definition) is 0. The highest BCUT2D eigenvalue weighted by Gasteiger charge is 2.10. The van der Waals surface area contributed by atoms with E-state index in [-0.39, 0.29) is 11.1 Å². The fourth-order valence-corrected chi connectivity index (χ4v) is 2.56. The van der Waals surface area contributed by atoms with Crippen molar-refractivity contribution in [3.8, 4) is 11.3 Å². The van der Waals surface area contributed by atoms with Gasteiger partial charge in [-0.25, -0.2) is 0 Å². The van der Waals surface area contributed by atoms with E-state index < -0.39 is 4.92 Å². The van der Waals surface area contributed by atoms with E-state index in [0.29, 0.717) is 22.3 Å². The lowest BCUT2D eigenvalue weighted by molar-refractivity contribution is -0.384. The lowest BCUT2D eigenvalue weighted by Crippen LogP contribution is -2.11. The van der Waals surface area contributed by atoms with Crippen LogP contribution in [-0.2, 0) is 6.54 Å². The van der Waals surface area contributed by atoms with E-state index in [1.165, 1.54) is 18.2 Å². The first-order valence-corrected chi connectivity index (χ1v) is 7.40. The Hall–Kier alpha value is -2.99. The average Bonchev–Trinajstić information content (AvgIpc) is 2.55. The molecule has 2 aromatic carbocycles. The molecule has 0 bridgehead atoms. The molecule has 6 nitrogen and oxygen atoms in total. The number of fused-ring (bicyclic) bond motifs is 1. The van der Waals surface area contributed by atoms with Gasteiger partial charge in [-0.05, 0) is 43.9 Å². The van der Waals surface area contributed by atoms with Crippen molar-refractivity contribution in [2.45, 2.75) is 6.54 Å². The van der Waals surface area contributed by atoms with Crippen LogP contribution in [0.25, 0.3) is 22.3 Å². The van der Waals surface area contributed by atoms with Crippen LogP contribution in [0.3, 0.4) is 0 Å². The average molecular weight is 324 g/mol. The summed E-state index contributed by atoms with van der Waals surface area (Å²) < 4.78 is 5.81. The zero-order chi connectivity index (χ0) is 17.3. The third-order valence-electron chi connectivity index (χ3n) is 3.65. The second-order valence-electron chi connectivity index (χ2n) is 5.85. The van der Waals surface area contributed by atoms with Gasteiger partial charge in [-0.2, -0.15) is 0 Å². The lowest BCUT2D eigenvalue weighted by Gasteiger charge is -2.10. The van der Waals surface area contributed by atoms with Crippen molar-refractivity contribution in [1.82, 2.24) is 4.90 Å². The van der Waals surface area contributed by atoms with Crippen LogP contribution in [0, 0.1) is 10.1 Å². The number of rotatable bonds is 4. The minimum absolute atomic E-state index is 0.00443. The van der Waals surface area contributed by atoms with Crippen molar-refractivity contribution in [3.63, 3.8) is 0 Å². The maximum absolute atomic E-state index is 12.4. The largest absolute Gasteiger partial charge is 0.456 e. The monoisotopic (exact) mass is 324 g/mol. The SMILES string of the molecule is CN(C)Cc1ccc2oc(-c3ccc([N+](=O)[O-])cc3)cc(=O)c2c1. The number of nitro groups is 1. The van der Waals surface area contributed by atoms with E-state index in [2.05, 4.69) is 0 Å². The van der Waals surface area contributed by atoms with Gasteiger partial charge in [0.2, 0.25) is 0 Å². The molecule has 1 aromatic heterocycles. The Morgan fingerprint density at radius 1 is 1.08 bits per heavy atom. The Bertz CT molecular complexity index is 959. The molecule has 0 saturated heterocycles. The highest BCUT2D eigenvalue weighted by atomic mass is 16.6. The second-order valence-corrected chi connectivity index (χ2v) is 5.85. The van der Waals surface area contributed by atoms with E-state index in [1.54, 1.807) is 18.2 Å². The maximum Gasteiger partial charge on any atom is 0.269 e. The third kappa shape index (κ3) is 3.18. The number of nitro benzene ring substituents is 1. The molecule has 0 atom stereocenters. The minimum Gasteiger partial charge on any atom is -0.456 e. The molecule has 0 saturated carbocycles. The number of benzene rings is 2. The molecule has 0 N–H and O–H groups in total. The summed E-state index contributed by atoms with van der Waals surface area (Å²) in [5.41, 5.74) is 2.01. The summed E-state index contributed by atoms with van der Waals surface area (Å²) in [7, 11) is 3.93. The smallest absolute Gasteiger partial charge is 0.269 e. The van der Waals surface area contributed by atoms with Crippen molar-refractivity contribution in [2.24, 2.45) is 0 Å². The molecule has 0 unspecified atom stereocenters. The Kier molecular flexibility index (Phi) is 4.14. The first-order chi connectivity index (χ1) is 11.4. The molecule has 0 aliphatic rings. The highest BCUT2D eigenvalue weighted by molar-refractivity contribution is 5.79. The van der Waals surface area contributed by atoms with Crippen molar-refractivity contribution >= 4 is 16.7 Å². The van der Waals surface area contributed by atoms with Gasteiger partial charge >= 0.3 is 0 Å². The molecule has 0 fully saturated rings. The molecule has 3 rings (SSSR count). The molecule has 0 spiro atoms. The highest BCUT2D eigenvalue weighted by Crippen LogP contribution is 2.24. The molecule has 6 heteroatoms. The minimum atomic E-state index is -0.466. The van der Waals surface area contributed by atoms with Crippen LogP contribution in [0.4, 0.5) is 5.69 Å². The third-order valence-corrected chi connectivity index (χ3v) is 3.65. The molecule has 0 aliphatic heterocycles. The van der Waals surface area contributed by atoms with E-state index in [0.717, 1.165) is 12.1 Å². The quantitative estimate of drug-likeness (QED) is 0.543. The Labute approximate surface area is 138 Å². The molecule has 1 heterocycles. The summed E-state index contributed by atoms with van der Waals surface area (Å²) in [4.78, 5) is 24.7. The normalized spacial score (nSPS) is 11.1. The van der Waals surface area contributed by atoms with Gasteiger partial charge in [-0.3, -0.25) is 14.9 Å². The fourth-order valence-electron chi connectivity index (χ4n) is 2.56. The summed E-state index contributed by atoms with van der Waals surface area (Å²) >= 11 is 0. The van der Waals surface area contributed by atoms with Gasteiger partial charge < -0.3 is 9.32 Å². The maximum atomic E-state index is 12.4. The van der Waals surface area contributed by atoms with Gasteiger partial charge in [0.25, 0.3) is 5.69 Å². The fraction of sp³-hybridized carbons (Fsp3) is 0.167. The molecule has 24 heavy (non-hydrogen) atoms. The van der Waals surface area contributed by atoms with Gasteiger partial charge in [0.15, 0.2) is 5.43 Å². The van der Waals surface area contributed by atoms with Gasteiger partial charge in [-0.15, -0.1) is 0 Å². The zero-order valence-corrected chi connectivity index (χ0v) is 13.4. The van der Waals surface area contributed by atoms with Crippen LogP contribution in [0.1, 0.15) is 5.56 Å². The summed E-state index contributed by atoms with van der Waals surface area (Å²) in [6.45, 7) is 0.736. The van der Waals surface area contributed by atoms with Gasteiger partial charge in [0, 0.05) is 30.3 Å². The molecular formula is C18H16N2O4. The molecule has 0 radical (unpaired) electrons. The molecular weight excluding hydrogens is 308 g/mol. The topological polar surface area (TPSA) is 76.6 Å². The van der Waals surface area contributed by atoms with Crippen LogP contribution in [0.5, 0.6) is 0 Å². The Morgan fingerprint density at radius 3 is 2.42 bits per heavy atom. The first-order valence-electron chi connectivity index (χ1n) is 7.40. The van der Waals surface area contributed by atoms with Gasteiger partial charge in [0.05, 0.1) is 10.3 Å². The zero-order valence-electron chi connectivity index (χ0n) is 13.4. The predicted molar refractivity (Wildman–Crippen MR) is 92.0 cm³/mol. The van der Waals surface area contributed by atoms with Crippen molar-refractivity contribution < 1.29 is 9.34 Å². The molecule has 0 aliphatic carbocycles. The second kappa shape index (κ2) is 6.25. The van der Waals surface area contributed by atoms with Gasteiger partial charge in [0.1, 0.15) is 11.3 Å². The summed E-state index contributed by atoms with van der Waals surface area (Å²) in [6, 6.07) is 12.9. The van der Waals surface area contributed by atoms with Crippen LogP contribution in [-0.4, -0.2) is 23.9 Å². The number of hydrogen-bond acceptors (Lipinski definition) is 5. The number of nitrogens with zero attached hydrogens (tertiary/aromatic N) is 2. The van der Waals surface area contributed by atoms with Crippen LogP contribution >= 0.6 is 0 Å². The van der Waals surface area contributed by atoms with Crippen molar-refractivity contribution in [3.05, 3.63) is 74.4 Å². The summed E-state index contributed by atoms with van der Waals surface area (Å²) in [5, 5.41) is 11.2. The number of non-ortho nitro benzene ring substituents is 1. The lowest BCUT2D eigenvalue weighted by atomic mass is 10.1. The first kappa shape index (κ1) is 15.9. The molecule has 122 valence electrons. The van der Waals surface area contributed by atoms with E-state index >= 15 is 0 Å². The van der Waals surface area contributed by atoms with E-state index in [9.17, 15) is 14.9 Å². The van der Waals surface area contributed by atoms with Crippen molar-refractivity contribution in [1.29, 1.82) is 0 Å². The van der Waals surface area contributed by atoms with E-state index in [4.69, 9.17) is 4.42 Å². The van der Waals surface area contributed by atoms with Crippen LogP contribution in [0.2, 0.25) is 0 Å². The van der Waals surface area contributed by atoms with Crippen LogP contribution in [0.15, 0.2) is 57.7 Å². The van der Waals surface area contributed by atoms with Crippen LogP contribution < -0.4 is 5.43 Å². The van der Waals surface area contributed by atoms with Crippen molar-refractivity contribution in [2.75, 3.05) is 14.1 Å². The Morgan fingerprint density at radius 2 is 1.79 bits per heavy atom. The molecule has 3 aromatic rings.